The Kier molecular flexibility index (Phi) is 3.44. The van der Waals surface area contributed by atoms with Crippen LogP contribution in [0.1, 0.15) is 30.1 Å². The maximum absolute atomic E-state index is 11.6. The Hall–Kier alpha value is -1.51. The van der Waals surface area contributed by atoms with Gasteiger partial charge in [-0.3, -0.25) is 0 Å². The molecule has 3 nitrogen and oxygen atoms in total. The fraction of sp³-hybridized carbons (Fsp3) is 0.462. The molecule has 0 atom stereocenters. The van der Waals surface area contributed by atoms with Crippen LogP contribution in [0, 0.1) is 5.92 Å². The standard InChI is InChI=1S/C13H16O3/c1-2-15-13(14)11-5-3-4-6-12(11)16-9-10-7-8-10/h3-6,10H,2,7-9H2,1H3. The minimum Gasteiger partial charge on any atom is -0.492 e. The van der Waals surface area contributed by atoms with Gasteiger partial charge in [0.05, 0.1) is 13.2 Å². The Balaban J connectivity index is 2.05. The summed E-state index contributed by atoms with van der Waals surface area (Å²) in [5.41, 5.74) is 0.519. The molecule has 1 aliphatic carbocycles. The van der Waals surface area contributed by atoms with Crippen LogP contribution in [0.4, 0.5) is 0 Å². The molecule has 1 aliphatic rings. The van der Waals surface area contributed by atoms with Gasteiger partial charge in [-0.15, -0.1) is 0 Å². The van der Waals surface area contributed by atoms with Gasteiger partial charge in [0.15, 0.2) is 0 Å². The minimum absolute atomic E-state index is 0.311. The molecule has 0 spiro atoms. The van der Waals surface area contributed by atoms with E-state index in [1.807, 2.05) is 18.2 Å². The summed E-state index contributed by atoms with van der Waals surface area (Å²) in [7, 11) is 0. The largest absolute Gasteiger partial charge is 0.492 e. The van der Waals surface area contributed by atoms with Crippen molar-refractivity contribution in [3.05, 3.63) is 29.8 Å². The van der Waals surface area contributed by atoms with Crippen molar-refractivity contribution in [2.75, 3.05) is 13.2 Å². The minimum atomic E-state index is -0.311. The van der Waals surface area contributed by atoms with Gasteiger partial charge < -0.3 is 9.47 Å². The molecule has 0 radical (unpaired) electrons. The van der Waals surface area contributed by atoms with Crippen molar-refractivity contribution in [1.82, 2.24) is 0 Å². The van der Waals surface area contributed by atoms with Crippen molar-refractivity contribution in [3.8, 4) is 5.75 Å². The molecule has 1 aromatic carbocycles. The first-order valence-electron chi connectivity index (χ1n) is 5.70. The van der Waals surface area contributed by atoms with E-state index in [1.54, 1.807) is 13.0 Å². The third-order valence-corrected chi connectivity index (χ3v) is 2.55. The molecule has 0 amide bonds. The highest BCUT2D eigenvalue weighted by Crippen LogP contribution is 2.30. The summed E-state index contributed by atoms with van der Waals surface area (Å²) in [6, 6.07) is 7.23. The van der Waals surface area contributed by atoms with Crippen molar-refractivity contribution in [1.29, 1.82) is 0 Å². The number of para-hydroxylation sites is 1. The Morgan fingerprint density at radius 1 is 1.38 bits per heavy atom. The molecule has 1 fully saturated rings. The smallest absolute Gasteiger partial charge is 0.341 e. The zero-order valence-corrected chi connectivity index (χ0v) is 9.44. The second kappa shape index (κ2) is 5.01. The molecule has 0 bridgehead atoms. The third-order valence-electron chi connectivity index (χ3n) is 2.55. The topological polar surface area (TPSA) is 35.5 Å². The summed E-state index contributed by atoms with van der Waals surface area (Å²) in [5.74, 6) is 0.997. The van der Waals surface area contributed by atoms with Gasteiger partial charge in [-0.05, 0) is 37.8 Å². The molecule has 0 aliphatic heterocycles. The number of ether oxygens (including phenoxy) is 2. The normalized spacial score (nSPS) is 14.6. The molecule has 1 saturated carbocycles. The number of carbonyl (C=O) groups excluding carboxylic acids is 1. The Morgan fingerprint density at radius 3 is 2.81 bits per heavy atom. The Bertz CT molecular complexity index is 369. The van der Waals surface area contributed by atoms with E-state index >= 15 is 0 Å². The van der Waals surface area contributed by atoms with Crippen molar-refractivity contribution in [2.45, 2.75) is 19.8 Å². The van der Waals surface area contributed by atoms with Gasteiger partial charge in [0.2, 0.25) is 0 Å². The van der Waals surface area contributed by atoms with E-state index in [1.165, 1.54) is 12.8 Å². The van der Waals surface area contributed by atoms with Crippen LogP contribution in [-0.4, -0.2) is 19.2 Å². The van der Waals surface area contributed by atoms with Gasteiger partial charge >= 0.3 is 5.97 Å². The summed E-state index contributed by atoms with van der Waals surface area (Å²) < 4.78 is 10.6. The van der Waals surface area contributed by atoms with E-state index in [0.29, 0.717) is 30.4 Å². The van der Waals surface area contributed by atoms with Gasteiger partial charge in [-0.1, -0.05) is 12.1 Å². The predicted octanol–water partition coefficient (Wildman–Crippen LogP) is 2.65. The number of benzene rings is 1. The SMILES string of the molecule is CCOC(=O)c1ccccc1OCC1CC1. The quantitative estimate of drug-likeness (QED) is 0.715. The van der Waals surface area contributed by atoms with Crippen LogP contribution < -0.4 is 4.74 Å². The summed E-state index contributed by atoms with van der Waals surface area (Å²) in [6.07, 6.45) is 2.48. The number of hydrogen-bond acceptors (Lipinski definition) is 3. The zero-order chi connectivity index (χ0) is 11.4. The zero-order valence-electron chi connectivity index (χ0n) is 9.44. The summed E-state index contributed by atoms with van der Waals surface area (Å²) in [5, 5.41) is 0. The second-order valence-electron chi connectivity index (χ2n) is 3.97. The monoisotopic (exact) mass is 220 g/mol. The van der Waals surface area contributed by atoms with E-state index in [2.05, 4.69) is 0 Å². The maximum atomic E-state index is 11.6. The van der Waals surface area contributed by atoms with E-state index in [0.717, 1.165) is 0 Å². The van der Waals surface area contributed by atoms with E-state index in [9.17, 15) is 4.79 Å². The Morgan fingerprint density at radius 2 is 2.12 bits per heavy atom. The van der Waals surface area contributed by atoms with Crippen molar-refractivity contribution in [3.63, 3.8) is 0 Å². The number of esters is 1. The van der Waals surface area contributed by atoms with Crippen LogP contribution in [0.2, 0.25) is 0 Å². The maximum Gasteiger partial charge on any atom is 0.341 e. The van der Waals surface area contributed by atoms with Gasteiger partial charge in [-0.25, -0.2) is 4.79 Å². The third kappa shape index (κ3) is 2.75. The van der Waals surface area contributed by atoms with Crippen LogP contribution in [-0.2, 0) is 4.74 Å². The summed E-state index contributed by atoms with van der Waals surface area (Å²) >= 11 is 0. The lowest BCUT2D eigenvalue weighted by atomic mass is 10.2. The molecule has 86 valence electrons. The molecular formula is C13H16O3. The van der Waals surface area contributed by atoms with Crippen LogP contribution in [0.5, 0.6) is 5.75 Å². The average molecular weight is 220 g/mol. The molecule has 16 heavy (non-hydrogen) atoms. The number of carbonyl (C=O) groups is 1. The van der Waals surface area contributed by atoms with E-state index in [-0.39, 0.29) is 5.97 Å². The first-order valence-corrected chi connectivity index (χ1v) is 5.70. The lowest BCUT2D eigenvalue weighted by Gasteiger charge is -2.09. The highest BCUT2D eigenvalue weighted by molar-refractivity contribution is 5.92. The van der Waals surface area contributed by atoms with Gasteiger partial charge in [0.25, 0.3) is 0 Å². The highest BCUT2D eigenvalue weighted by Gasteiger charge is 2.23. The second-order valence-corrected chi connectivity index (χ2v) is 3.97. The van der Waals surface area contributed by atoms with E-state index < -0.39 is 0 Å². The van der Waals surface area contributed by atoms with Crippen LogP contribution in [0.3, 0.4) is 0 Å². The van der Waals surface area contributed by atoms with Crippen molar-refractivity contribution >= 4 is 5.97 Å². The molecule has 0 unspecified atom stereocenters. The molecule has 0 N–H and O–H groups in total. The van der Waals surface area contributed by atoms with Gasteiger partial charge in [0, 0.05) is 0 Å². The molecular weight excluding hydrogens is 204 g/mol. The highest BCUT2D eigenvalue weighted by atomic mass is 16.5. The van der Waals surface area contributed by atoms with Crippen LogP contribution in [0.25, 0.3) is 0 Å². The molecule has 2 rings (SSSR count). The summed E-state index contributed by atoms with van der Waals surface area (Å²) in [6.45, 7) is 2.89. The van der Waals surface area contributed by atoms with Gasteiger partial charge in [-0.2, -0.15) is 0 Å². The van der Waals surface area contributed by atoms with E-state index in [4.69, 9.17) is 9.47 Å². The van der Waals surface area contributed by atoms with Crippen molar-refractivity contribution in [2.24, 2.45) is 5.92 Å². The fourth-order valence-corrected chi connectivity index (χ4v) is 1.46. The molecule has 0 heterocycles. The first kappa shape index (κ1) is 11.0. The Labute approximate surface area is 95.4 Å². The lowest BCUT2D eigenvalue weighted by Crippen LogP contribution is -2.08. The van der Waals surface area contributed by atoms with Crippen LogP contribution >= 0.6 is 0 Å². The fourth-order valence-electron chi connectivity index (χ4n) is 1.46. The summed E-state index contributed by atoms with van der Waals surface area (Å²) in [4.78, 5) is 11.6. The predicted molar refractivity (Wildman–Crippen MR) is 60.6 cm³/mol. The molecule has 1 aromatic rings. The molecule has 0 saturated heterocycles. The first-order chi connectivity index (χ1) is 7.81. The number of rotatable bonds is 5. The molecule has 0 aromatic heterocycles. The number of hydrogen-bond donors (Lipinski definition) is 0. The van der Waals surface area contributed by atoms with Crippen LogP contribution in [0.15, 0.2) is 24.3 Å². The van der Waals surface area contributed by atoms with Gasteiger partial charge in [0.1, 0.15) is 11.3 Å². The lowest BCUT2D eigenvalue weighted by molar-refractivity contribution is 0.0521. The average Bonchev–Trinajstić information content (AvgIpc) is 3.11. The van der Waals surface area contributed by atoms with Crippen molar-refractivity contribution < 1.29 is 14.3 Å². The molecule has 3 heteroatoms.